The molecule has 1 saturated carbocycles. The van der Waals surface area contributed by atoms with Gasteiger partial charge >= 0.3 is 0 Å². The van der Waals surface area contributed by atoms with Crippen LogP contribution in [0.15, 0.2) is 0 Å². The van der Waals surface area contributed by atoms with Gasteiger partial charge in [-0.3, -0.25) is 0 Å². The maximum Gasteiger partial charge on any atom is 0.0105 e. The monoisotopic (exact) mass is 294 g/mol. The maximum absolute atomic E-state index is 3.60. The van der Waals surface area contributed by atoms with Crippen LogP contribution in [0.5, 0.6) is 0 Å². The highest BCUT2D eigenvalue weighted by Gasteiger charge is 2.36. The fourth-order valence-corrected chi connectivity index (χ4v) is 4.52. The molecule has 0 radical (unpaired) electrons. The van der Waals surface area contributed by atoms with Crippen molar-refractivity contribution in [3.05, 3.63) is 0 Å². The van der Waals surface area contributed by atoms with Gasteiger partial charge in [0, 0.05) is 19.1 Å². The Balaban J connectivity index is 1.90. The minimum Gasteiger partial charge on any atom is -0.317 e. The van der Waals surface area contributed by atoms with E-state index in [4.69, 9.17) is 0 Å². The second-order valence-electron chi connectivity index (χ2n) is 9.08. The normalized spacial score (nSPS) is 35.6. The highest BCUT2D eigenvalue weighted by atomic mass is 15.2. The van der Waals surface area contributed by atoms with Gasteiger partial charge in [0.1, 0.15) is 0 Å². The van der Waals surface area contributed by atoms with Crippen molar-refractivity contribution in [2.24, 2.45) is 29.1 Å². The maximum atomic E-state index is 3.60. The predicted molar refractivity (Wildman–Crippen MR) is 92.5 cm³/mol. The molecule has 2 nitrogen and oxygen atoms in total. The molecule has 1 saturated heterocycles. The molecule has 2 fully saturated rings. The van der Waals surface area contributed by atoms with Gasteiger partial charge in [0.15, 0.2) is 0 Å². The first kappa shape index (κ1) is 17.3. The van der Waals surface area contributed by atoms with Crippen LogP contribution in [-0.2, 0) is 0 Å². The molecule has 0 bridgehead atoms. The van der Waals surface area contributed by atoms with Crippen molar-refractivity contribution in [1.29, 1.82) is 0 Å². The molecule has 124 valence electrons. The van der Waals surface area contributed by atoms with Crippen molar-refractivity contribution in [3.8, 4) is 0 Å². The zero-order valence-corrected chi connectivity index (χ0v) is 15.3. The van der Waals surface area contributed by atoms with Crippen LogP contribution in [0.2, 0.25) is 0 Å². The Bertz CT molecular complexity index is 318. The molecule has 0 aromatic rings. The van der Waals surface area contributed by atoms with Gasteiger partial charge in [-0.1, -0.05) is 34.6 Å². The van der Waals surface area contributed by atoms with E-state index in [1.807, 2.05) is 0 Å². The summed E-state index contributed by atoms with van der Waals surface area (Å²) < 4.78 is 0. The van der Waals surface area contributed by atoms with E-state index in [2.05, 4.69) is 51.9 Å². The standard InChI is InChI=1S/C19H38N2/c1-14(2)15-7-8-18(20-6)16(11-15)12-21-10-9-17(13-21)19(3,4)5/h14-18,20H,7-13H2,1-6H3. The Morgan fingerprint density at radius 2 is 1.86 bits per heavy atom. The minimum absolute atomic E-state index is 0.476. The third-order valence-electron chi connectivity index (χ3n) is 6.33. The second-order valence-corrected chi connectivity index (χ2v) is 9.08. The van der Waals surface area contributed by atoms with Crippen molar-refractivity contribution in [1.82, 2.24) is 10.2 Å². The van der Waals surface area contributed by atoms with E-state index in [0.717, 1.165) is 29.7 Å². The summed E-state index contributed by atoms with van der Waals surface area (Å²) in [5.74, 6) is 3.54. The van der Waals surface area contributed by atoms with Gasteiger partial charge in [0.25, 0.3) is 0 Å². The lowest BCUT2D eigenvalue weighted by atomic mass is 9.73. The number of hydrogen-bond donors (Lipinski definition) is 1. The summed E-state index contributed by atoms with van der Waals surface area (Å²) in [6.45, 7) is 16.0. The van der Waals surface area contributed by atoms with Gasteiger partial charge < -0.3 is 10.2 Å². The van der Waals surface area contributed by atoms with E-state index in [1.54, 1.807) is 0 Å². The quantitative estimate of drug-likeness (QED) is 0.842. The van der Waals surface area contributed by atoms with Crippen LogP contribution < -0.4 is 5.32 Å². The van der Waals surface area contributed by atoms with E-state index in [-0.39, 0.29) is 0 Å². The Morgan fingerprint density at radius 1 is 1.14 bits per heavy atom. The summed E-state index contributed by atoms with van der Waals surface area (Å²) >= 11 is 0. The first-order valence-electron chi connectivity index (χ1n) is 9.21. The molecule has 4 atom stereocenters. The molecule has 21 heavy (non-hydrogen) atoms. The molecule has 1 aliphatic heterocycles. The van der Waals surface area contributed by atoms with Crippen molar-refractivity contribution < 1.29 is 0 Å². The molecule has 1 heterocycles. The van der Waals surface area contributed by atoms with Crippen molar-refractivity contribution in [3.63, 3.8) is 0 Å². The third kappa shape index (κ3) is 4.45. The fourth-order valence-electron chi connectivity index (χ4n) is 4.52. The molecule has 2 heteroatoms. The number of rotatable bonds is 4. The van der Waals surface area contributed by atoms with Crippen LogP contribution in [0, 0.1) is 29.1 Å². The topological polar surface area (TPSA) is 15.3 Å². The van der Waals surface area contributed by atoms with Crippen LogP contribution in [0.3, 0.4) is 0 Å². The molecular formula is C19H38N2. The summed E-state index contributed by atoms with van der Waals surface area (Å²) in [5.41, 5.74) is 0.476. The summed E-state index contributed by atoms with van der Waals surface area (Å²) in [6.07, 6.45) is 5.62. The molecule has 0 spiro atoms. The average molecular weight is 295 g/mol. The zero-order chi connectivity index (χ0) is 15.6. The fraction of sp³-hybridized carbons (Fsp3) is 1.00. The van der Waals surface area contributed by atoms with E-state index in [0.29, 0.717) is 5.41 Å². The van der Waals surface area contributed by atoms with Gasteiger partial charge in [-0.25, -0.2) is 0 Å². The molecular weight excluding hydrogens is 256 g/mol. The van der Waals surface area contributed by atoms with Gasteiger partial charge in [0.2, 0.25) is 0 Å². The molecule has 2 rings (SSSR count). The largest absolute Gasteiger partial charge is 0.317 e. The lowest BCUT2D eigenvalue weighted by Gasteiger charge is -2.39. The molecule has 1 N–H and O–H groups in total. The SMILES string of the molecule is CNC1CCC(C(C)C)CC1CN1CCC(C(C)(C)C)C1. The number of nitrogens with zero attached hydrogens (tertiary/aromatic N) is 1. The molecule has 4 unspecified atom stereocenters. The number of hydrogen-bond acceptors (Lipinski definition) is 2. The van der Waals surface area contributed by atoms with E-state index >= 15 is 0 Å². The zero-order valence-electron chi connectivity index (χ0n) is 15.3. The lowest BCUT2D eigenvalue weighted by Crippen LogP contribution is -2.45. The highest BCUT2D eigenvalue weighted by molar-refractivity contribution is 4.90. The Kier molecular flexibility index (Phi) is 5.76. The summed E-state index contributed by atoms with van der Waals surface area (Å²) in [5, 5.41) is 3.60. The van der Waals surface area contributed by atoms with Crippen molar-refractivity contribution in [2.75, 3.05) is 26.7 Å². The van der Waals surface area contributed by atoms with E-state index in [9.17, 15) is 0 Å². The Hall–Kier alpha value is -0.0800. The molecule has 0 aromatic heterocycles. The van der Waals surface area contributed by atoms with E-state index in [1.165, 1.54) is 45.3 Å². The average Bonchev–Trinajstić information content (AvgIpc) is 2.87. The van der Waals surface area contributed by atoms with Gasteiger partial charge in [-0.15, -0.1) is 0 Å². The van der Waals surface area contributed by atoms with Crippen LogP contribution in [-0.4, -0.2) is 37.6 Å². The summed E-state index contributed by atoms with van der Waals surface area (Å²) in [4.78, 5) is 2.76. The summed E-state index contributed by atoms with van der Waals surface area (Å²) in [7, 11) is 2.16. The molecule has 0 amide bonds. The van der Waals surface area contributed by atoms with E-state index < -0.39 is 0 Å². The van der Waals surface area contributed by atoms with Gasteiger partial charge in [-0.2, -0.15) is 0 Å². The summed E-state index contributed by atoms with van der Waals surface area (Å²) in [6, 6.07) is 0.744. The number of nitrogens with one attached hydrogen (secondary N) is 1. The smallest absolute Gasteiger partial charge is 0.0105 e. The van der Waals surface area contributed by atoms with Gasteiger partial charge in [0.05, 0.1) is 0 Å². The third-order valence-corrected chi connectivity index (χ3v) is 6.33. The minimum atomic E-state index is 0.476. The lowest BCUT2D eigenvalue weighted by molar-refractivity contribution is 0.129. The molecule has 1 aliphatic carbocycles. The van der Waals surface area contributed by atoms with Crippen molar-refractivity contribution >= 4 is 0 Å². The Morgan fingerprint density at radius 3 is 2.38 bits per heavy atom. The van der Waals surface area contributed by atoms with Crippen LogP contribution in [0.25, 0.3) is 0 Å². The predicted octanol–water partition coefficient (Wildman–Crippen LogP) is 4.01. The van der Waals surface area contributed by atoms with Crippen molar-refractivity contribution in [2.45, 2.75) is 66.3 Å². The Labute approximate surface area is 133 Å². The van der Waals surface area contributed by atoms with Crippen LogP contribution in [0.1, 0.15) is 60.3 Å². The first-order valence-corrected chi connectivity index (χ1v) is 9.21. The van der Waals surface area contributed by atoms with Crippen LogP contribution in [0.4, 0.5) is 0 Å². The van der Waals surface area contributed by atoms with Crippen LogP contribution >= 0.6 is 0 Å². The number of likely N-dealkylation sites (tertiary alicyclic amines) is 1. The second kappa shape index (κ2) is 7.00. The molecule has 2 aliphatic rings. The highest BCUT2D eigenvalue weighted by Crippen LogP contribution is 2.37. The molecule has 0 aromatic carbocycles. The first-order chi connectivity index (χ1) is 9.81. The van der Waals surface area contributed by atoms with Gasteiger partial charge in [-0.05, 0) is 68.4 Å².